The van der Waals surface area contributed by atoms with Crippen LogP contribution in [0.1, 0.15) is 52.9 Å². The summed E-state index contributed by atoms with van der Waals surface area (Å²) in [6.07, 6.45) is 3.04. The van der Waals surface area contributed by atoms with Crippen LogP contribution in [-0.2, 0) is 9.47 Å². The molecular weight excluding hydrogens is 640 g/mol. The summed E-state index contributed by atoms with van der Waals surface area (Å²) in [6.45, 7) is 20.6. The maximum atomic E-state index is 12.3. The van der Waals surface area contributed by atoms with Gasteiger partial charge >= 0.3 is 12.2 Å². The third kappa shape index (κ3) is 9.85. The van der Waals surface area contributed by atoms with E-state index >= 15 is 0 Å². The molecule has 50 heavy (non-hydrogen) atoms. The zero-order chi connectivity index (χ0) is 36.8. The van der Waals surface area contributed by atoms with Gasteiger partial charge in [0.05, 0.1) is 38.0 Å². The van der Waals surface area contributed by atoms with Crippen molar-refractivity contribution in [1.82, 2.24) is 24.3 Å². The predicted molar refractivity (Wildman–Crippen MR) is 195 cm³/mol. The molecule has 0 bridgehead atoms. The number of hydrogen-bond acceptors (Lipinski definition) is 11. The first-order valence-electron chi connectivity index (χ1n) is 16.9. The number of anilines is 3. The lowest BCUT2D eigenvalue weighted by Crippen LogP contribution is -2.50. The van der Waals surface area contributed by atoms with Gasteiger partial charge in [-0.1, -0.05) is 0 Å². The van der Waals surface area contributed by atoms with Crippen LogP contribution in [0.25, 0.3) is 5.82 Å². The quantitative estimate of drug-likeness (QED) is 0.373. The second-order valence-corrected chi connectivity index (χ2v) is 14.4. The topological polar surface area (TPSA) is 141 Å². The molecule has 0 spiro atoms. The van der Waals surface area contributed by atoms with Crippen LogP contribution in [-0.4, -0.2) is 114 Å². The van der Waals surface area contributed by atoms with Crippen LogP contribution in [0, 0.1) is 13.8 Å². The van der Waals surface area contributed by atoms with E-state index in [4.69, 9.17) is 24.7 Å². The monoisotopic (exact) mass is 694 g/mol. The van der Waals surface area contributed by atoms with Gasteiger partial charge in [-0.25, -0.2) is 19.6 Å². The molecule has 0 aliphatic carbocycles. The van der Waals surface area contributed by atoms with Gasteiger partial charge in [0.25, 0.3) is 0 Å². The van der Waals surface area contributed by atoms with Crippen molar-refractivity contribution in [2.45, 2.75) is 66.6 Å². The van der Waals surface area contributed by atoms with Crippen LogP contribution in [0.3, 0.4) is 0 Å². The van der Waals surface area contributed by atoms with E-state index in [2.05, 4.69) is 50.3 Å². The molecule has 0 saturated carbocycles. The van der Waals surface area contributed by atoms with Gasteiger partial charge in [-0.15, -0.1) is 0 Å². The standard InChI is InChI=1S/C21H30N4O3.C15H24N4O3/c1-15-7-8-16(2)25(15)19-13-18(27-6)17(14-22-19)23-9-11-24(12-10-23)20(26)28-21(3,4)5;1-15(2,3)22-14(20)19-7-5-18(6-8-19)11-10-17-13(16)9-12(11)21-4/h7-8,13-14H,9-12H2,1-6H3;9-10H,5-8H2,1-4H3,(H2,16,17). The number of rotatable bonds is 5. The fraction of sp³-hybridized carbons (Fsp3) is 0.556. The average molecular weight is 695 g/mol. The first kappa shape index (κ1) is 37.9. The molecule has 14 nitrogen and oxygen atoms in total. The Bertz CT molecular complexity index is 1590. The molecule has 2 saturated heterocycles. The van der Waals surface area contributed by atoms with E-state index in [0.29, 0.717) is 63.9 Å². The molecule has 2 amide bonds. The minimum absolute atomic E-state index is 0.258. The van der Waals surface area contributed by atoms with Crippen LogP contribution >= 0.6 is 0 Å². The van der Waals surface area contributed by atoms with E-state index in [-0.39, 0.29) is 12.2 Å². The van der Waals surface area contributed by atoms with Crippen molar-refractivity contribution >= 4 is 29.4 Å². The number of nitrogens with zero attached hydrogens (tertiary/aromatic N) is 7. The number of pyridine rings is 2. The van der Waals surface area contributed by atoms with Crippen LogP contribution < -0.4 is 25.0 Å². The van der Waals surface area contributed by atoms with Crippen LogP contribution in [0.2, 0.25) is 0 Å². The third-order valence-electron chi connectivity index (χ3n) is 8.18. The van der Waals surface area contributed by atoms with Crippen molar-refractivity contribution in [2.24, 2.45) is 0 Å². The lowest BCUT2D eigenvalue weighted by Gasteiger charge is -2.37. The van der Waals surface area contributed by atoms with E-state index in [1.54, 1.807) is 36.3 Å². The molecule has 2 N–H and O–H groups in total. The van der Waals surface area contributed by atoms with Gasteiger partial charge in [0, 0.05) is 75.9 Å². The third-order valence-corrected chi connectivity index (χ3v) is 8.18. The largest absolute Gasteiger partial charge is 0.494 e. The molecule has 14 heteroatoms. The van der Waals surface area contributed by atoms with Gasteiger partial charge in [0.1, 0.15) is 34.3 Å². The number of piperazine rings is 2. The van der Waals surface area contributed by atoms with Gasteiger partial charge in [0.2, 0.25) is 0 Å². The van der Waals surface area contributed by atoms with E-state index in [1.165, 1.54) is 0 Å². The fourth-order valence-electron chi connectivity index (χ4n) is 5.73. The van der Waals surface area contributed by atoms with Crippen molar-refractivity contribution in [2.75, 3.05) is 82.1 Å². The molecule has 2 aliphatic heterocycles. The normalized spacial score (nSPS) is 15.2. The molecule has 0 radical (unpaired) electrons. The average Bonchev–Trinajstić information content (AvgIpc) is 3.40. The Kier molecular flexibility index (Phi) is 12.0. The second kappa shape index (κ2) is 15.8. The van der Waals surface area contributed by atoms with Gasteiger partial charge in [-0.3, -0.25) is 0 Å². The molecule has 5 rings (SSSR count). The Morgan fingerprint density at radius 3 is 1.46 bits per heavy atom. The maximum Gasteiger partial charge on any atom is 0.410 e. The number of nitrogen functional groups attached to an aromatic ring is 1. The highest BCUT2D eigenvalue weighted by Gasteiger charge is 2.28. The van der Waals surface area contributed by atoms with Crippen LogP contribution in [0.15, 0.2) is 36.7 Å². The summed E-state index contributed by atoms with van der Waals surface area (Å²) < 4.78 is 24.0. The minimum Gasteiger partial charge on any atom is -0.494 e. The zero-order valence-electron chi connectivity index (χ0n) is 31.3. The van der Waals surface area contributed by atoms with Crippen LogP contribution in [0.5, 0.6) is 11.5 Å². The molecule has 2 fully saturated rings. The first-order chi connectivity index (χ1) is 23.5. The summed E-state index contributed by atoms with van der Waals surface area (Å²) in [5.74, 6) is 2.74. The Hall–Kier alpha value is -4.88. The molecule has 0 atom stereocenters. The van der Waals surface area contributed by atoms with E-state index in [0.717, 1.165) is 34.3 Å². The van der Waals surface area contributed by atoms with Gasteiger partial charge in [-0.2, -0.15) is 0 Å². The van der Waals surface area contributed by atoms with Crippen molar-refractivity contribution in [3.05, 3.63) is 48.0 Å². The van der Waals surface area contributed by atoms with Crippen molar-refractivity contribution in [1.29, 1.82) is 0 Å². The number of ether oxygens (including phenoxy) is 4. The number of nitrogens with two attached hydrogens (primary N) is 1. The number of hydrogen-bond donors (Lipinski definition) is 1. The Morgan fingerprint density at radius 2 is 1.06 bits per heavy atom. The van der Waals surface area contributed by atoms with Crippen LogP contribution in [0.4, 0.5) is 26.8 Å². The molecule has 274 valence electrons. The lowest BCUT2D eigenvalue weighted by molar-refractivity contribution is 0.0230. The Labute approximate surface area is 296 Å². The second-order valence-electron chi connectivity index (χ2n) is 14.4. The summed E-state index contributed by atoms with van der Waals surface area (Å²) in [5, 5.41) is 0. The molecule has 0 unspecified atom stereocenters. The highest BCUT2D eigenvalue weighted by Crippen LogP contribution is 2.32. The Morgan fingerprint density at radius 1 is 0.660 bits per heavy atom. The number of amides is 2. The molecule has 3 aromatic heterocycles. The van der Waals surface area contributed by atoms with E-state index in [1.807, 2.05) is 53.8 Å². The molecular formula is C36H54N8O6. The summed E-state index contributed by atoms with van der Waals surface area (Å²) in [7, 11) is 3.28. The highest BCUT2D eigenvalue weighted by molar-refractivity contribution is 5.70. The smallest absolute Gasteiger partial charge is 0.410 e. The summed E-state index contributed by atoms with van der Waals surface area (Å²) in [4.78, 5) is 40.9. The maximum absolute atomic E-state index is 12.3. The van der Waals surface area contributed by atoms with Gasteiger partial charge in [0.15, 0.2) is 0 Å². The highest BCUT2D eigenvalue weighted by atomic mass is 16.6. The number of carbonyl (C=O) groups is 2. The lowest BCUT2D eigenvalue weighted by atomic mass is 10.2. The van der Waals surface area contributed by atoms with E-state index < -0.39 is 11.2 Å². The van der Waals surface area contributed by atoms with Crippen molar-refractivity contribution in [3.8, 4) is 17.3 Å². The SMILES string of the molecule is COc1cc(-n2c(C)ccc2C)ncc1N1CCN(C(=O)OC(C)(C)C)CC1.COc1cc(N)ncc1N1CCN(C(=O)OC(C)(C)C)CC1. The van der Waals surface area contributed by atoms with Crippen molar-refractivity contribution < 1.29 is 28.5 Å². The molecule has 2 aliphatic rings. The molecule has 5 heterocycles. The zero-order valence-corrected chi connectivity index (χ0v) is 31.3. The predicted octanol–water partition coefficient (Wildman–Crippen LogP) is 5.28. The number of aromatic nitrogens is 3. The van der Waals surface area contributed by atoms with Crippen molar-refractivity contribution in [3.63, 3.8) is 0 Å². The fourth-order valence-corrected chi connectivity index (χ4v) is 5.73. The number of methoxy groups -OCH3 is 2. The number of aryl methyl sites for hydroxylation is 2. The summed E-state index contributed by atoms with van der Waals surface area (Å²) >= 11 is 0. The van der Waals surface area contributed by atoms with E-state index in [9.17, 15) is 9.59 Å². The molecule has 0 aromatic carbocycles. The van der Waals surface area contributed by atoms with Gasteiger partial charge in [-0.05, 0) is 67.5 Å². The number of carbonyl (C=O) groups excluding carboxylic acids is 2. The Balaban J connectivity index is 0.000000232. The first-order valence-corrected chi connectivity index (χ1v) is 16.9. The summed E-state index contributed by atoms with van der Waals surface area (Å²) in [6, 6.07) is 7.83. The van der Waals surface area contributed by atoms with Gasteiger partial charge < -0.3 is 48.8 Å². The minimum atomic E-state index is -0.480. The summed E-state index contributed by atoms with van der Waals surface area (Å²) in [5.41, 5.74) is 8.81. The molecule has 3 aromatic rings.